The molecule has 0 N–H and O–H groups in total. The summed E-state index contributed by atoms with van der Waals surface area (Å²) in [6.45, 7) is 13.6. The van der Waals surface area contributed by atoms with Crippen molar-refractivity contribution >= 4 is 58.9 Å². The summed E-state index contributed by atoms with van der Waals surface area (Å²) in [5, 5.41) is 3.86. The Labute approximate surface area is 301 Å². The Bertz CT molecular complexity index is 2450. The first-order valence-electron chi connectivity index (χ1n) is 17.1. The Morgan fingerprint density at radius 3 is 2.12 bits per heavy atom. The molecule has 0 saturated carbocycles. The molecule has 0 unspecified atom stereocenters. The van der Waals surface area contributed by atoms with Crippen LogP contribution in [0.25, 0.3) is 21.5 Å². The fourth-order valence-electron chi connectivity index (χ4n) is 7.83. The second-order valence-corrected chi connectivity index (χ2v) is 17.3. The topological polar surface area (TPSA) is 121 Å². The second-order valence-electron chi connectivity index (χ2n) is 14.4. The van der Waals surface area contributed by atoms with E-state index in [1.165, 1.54) is 12.1 Å². The Balaban J connectivity index is 1.28. The molecule has 0 fully saturated rings. The minimum Gasteiger partial charge on any atom is -0.748 e. The number of fused-ring (bicyclic) bond motifs is 6. The van der Waals surface area contributed by atoms with Gasteiger partial charge < -0.3 is 14.0 Å². The van der Waals surface area contributed by atoms with Gasteiger partial charge in [-0.05, 0) is 78.2 Å². The lowest BCUT2D eigenvalue weighted by molar-refractivity contribution is -0.437. The van der Waals surface area contributed by atoms with Gasteiger partial charge in [0.1, 0.15) is 16.7 Å². The molecule has 6 rings (SSSR count). The summed E-state index contributed by atoms with van der Waals surface area (Å²) in [5.41, 5.74) is 6.54. The maximum absolute atomic E-state index is 11.7. The van der Waals surface area contributed by atoms with Gasteiger partial charge in [-0.25, -0.2) is 16.8 Å². The van der Waals surface area contributed by atoms with Crippen molar-refractivity contribution in [2.45, 2.75) is 63.7 Å². The van der Waals surface area contributed by atoms with Crippen molar-refractivity contribution < 1.29 is 30.5 Å². The smallest absolute Gasteiger partial charge is 0.210 e. The third kappa shape index (κ3) is 6.85. The molecular weight excluding hydrogens is 681 g/mol. The molecule has 2 aliphatic rings. The maximum atomic E-state index is 11.7. The average Bonchev–Trinajstić information content (AvgIpc) is 3.40. The van der Waals surface area contributed by atoms with Crippen LogP contribution in [0.1, 0.15) is 57.7 Å². The van der Waals surface area contributed by atoms with E-state index in [9.17, 15) is 25.9 Å². The molecule has 266 valence electrons. The Hall–Kier alpha value is -4.35. The van der Waals surface area contributed by atoms with Gasteiger partial charge >= 0.3 is 0 Å². The zero-order valence-corrected chi connectivity index (χ0v) is 31.4. The number of allylic oxidation sites excluding steroid dienone is 8. The zero-order valence-electron chi connectivity index (χ0n) is 29.8. The van der Waals surface area contributed by atoms with Crippen molar-refractivity contribution in [1.29, 1.82) is 0 Å². The molecule has 0 radical (unpaired) electrons. The van der Waals surface area contributed by atoms with Crippen molar-refractivity contribution in [2.24, 2.45) is 0 Å². The largest absolute Gasteiger partial charge is 0.748 e. The quantitative estimate of drug-likeness (QED) is 0.0927. The number of hydrogen-bond acceptors (Lipinski definition) is 7. The molecule has 0 amide bonds. The number of rotatable bonds is 10. The minimum atomic E-state index is -4.56. The monoisotopic (exact) mass is 723 g/mol. The molecule has 0 aromatic heterocycles. The molecule has 0 bridgehead atoms. The summed E-state index contributed by atoms with van der Waals surface area (Å²) in [6, 6.07) is 18.9. The van der Waals surface area contributed by atoms with Gasteiger partial charge in [-0.2, -0.15) is 4.58 Å². The van der Waals surface area contributed by atoms with Gasteiger partial charge in [-0.1, -0.05) is 87.0 Å². The van der Waals surface area contributed by atoms with Gasteiger partial charge in [0.2, 0.25) is 5.69 Å². The molecule has 0 spiro atoms. The lowest BCUT2D eigenvalue weighted by Gasteiger charge is -2.27. The summed E-state index contributed by atoms with van der Waals surface area (Å²) in [7, 11) is -8.97. The van der Waals surface area contributed by atoms with E-state index in [0.717, 1.165) is 68.6 Å². The summed E-state index contributed by atoms with van der Waals surface area (Å²) in [5.74, 6) is -0.493. The molecule has 0 saturated heterocycles. The van der Waals surface area contributed by atoms with Crippen LogP contribution < -0.4 is 4.90 Å². The number of benzene rings is 4. The van der Waals surface area contributed by atoms with Gasteiger partial charge in [-0.3, -0.25) is 0 Å². The molecule has 0 aliphatic carbocycles. The first kappa shape index (κ1) is 36.4. The predicted octanol–water partition coefficient (Wildman–Crippen LogP) is 7.89. The number of aryl methyl sites for hydroxylation is 1. The number of hydrogen-bond donors (Lipinski definition) is 0. The average molecular weight is 724 g/mol. The Morgan fingerprint density at radius 1 is 0.765 bits per heavy atom. The highest BCUT2D eigenvalue weighted by molar-refractivity contribution is 7.86. The standard InChI is InChI=1S/C41H44N2O6S2/c1-7-23-42-34-22-17-30-27-31(51(47,48)49)18-20-33(30)39(34)40(3,4)36(42)13-11-9-8-10-12-14-37-41(5,6)38-32-19-15-28(2)26-29(32)16-21-35(38)43(37)24-25-50(44,45)46/h8-22,26-27H,7,23-25H2,1-6H3,(H-,44,45,46,47,48,49)/p-1. The van der Waals surface area contributed by atoms with E-state index in [2.05, 4.69) is 70.4 Å². The maximum Gasteiger partial charge on any atom is 0.210 e. The molecule has 10 heteroatoms. The van der Waals surface area contributed by atoms with E-state index in [-0.39, 0.29) is 16.9 Å². The Kier molecular flexibility index (Phi) is 9.52. The molecule has 2 aliphatic heterocycles. The van der Waals surface area contributed by atoms with Crippen molar-refractivity contribution in [3.63, 3.8) is 0 Å². The summed E-state index contributed by atoms with van der Waals surface area (Å²) < 4.78 is 72.4. The van der Waals surface area contributed by atoms with Gasteiger partial charge in [0.15, 0.2) is 5.71 Å². The van der Waals surface area contributed by atoms with Crippen LogP contribution in [0.2, 0.25) is 0 Å². The molecule has 4 aromatic rings. The fraction of sp³-hybridized carbons (Fsp3) is 0.293. The lowest BCUT2D eigenvalue weighted by atomic mass is 9.79. The first-order valence-corrected chi connectivity index (χ1v) is 20.1. The number of anilines is 1. The van der Waals surface area contributed by atoms with Gasteiger partial charge in [0.25, 0.3) is 0 Å². The van der Waals surface area contributed by atoms with Crippen LogP contribution in [0.4, 0.5) is 11.4 Å². The van der Waals surface area contributed by atoms with E-state index < -0.39 is 31.4 Å². The van der Waals surface area contributed by atoms with Crippen LogP contribution in [0.5, 0.6) is 0 Å². The van der Waals surface area contributed by atoms with Gasteiger partial charge in [0, 0.05) is 47.5 Å². The summed E-state index contributed by atoms with van der Waals surface area (Å²) in [6.07, 6.45) is 14.8. The zero-order chi connectivity index (χ0) is 36.9. The van der Waals surface area contributed by atoms with Gasteiger partial charge in [0.05, 0.1) is 26.2 Å². The molecule has 4 aromatic carbocycles. The summed E-state index contributed by atoms with van der Waals surface area (Å²) in [4.78, 5) is 1.72. The van der Waals surface area contributed by atoms with Crippen LogP contribution in [-0.2, 0) is 31.1 Å². The third-order valence-corrected chi connectivity index (χ3v) is 11.6. The summed E-state index contributed by atoms with van der Waals surface area (Å²) >= 11 is 0. The molecule has 51 heavy (non-hydrogen) atoms. The highest BCUT2D eigenvalue weighted by Gasteiger charge is 2.45. The molecule has 0 atom stereocenters. The van der Waals surface area contributed by atoms with Crippen LogP contribution in [0, 0.1) is 6.92 Å². The number of nitrogens with zero attached hydrogens (tertiary/aromatic N) is 2. The van der Waals surface area contributed by atoms with Crippen LogP contribution in [-0.4, -0.2) is 55.1 Å². The van der Waals surface area contributed by atoms with Crippen LogP contribution >= 0.6 is 0 Å². The normalized spacial score (nSPS) is 18.0. The van der Waals surface area contributed by atoms with E-state index in [1.807, 2.05) is 65.6 Å². The minimum absolute atomic E-state index is 0.0666. The van der Waals surface area contributed by atoms with E-state index >= 15 is 0 Å². The van der Waals surface area contributed by atoms with Crippen molar-refractivity contribution in [2.75, 3.05) is 23.7 Å². The second kappa shape index (κ2) is 13.3. The highest BCUT2D eigenvalue weighted by atomic mass is 32.2. The molecular formula is C41H43N2O6S2-. The highest BCUT2D eigenvalue weighted by Crippen LogP contribution is 2.51. The van der Waals surface area contributed by atoms with E-state index in [0.29, 0.717) is 5.39 Å². The van der Waals surface area contributed by atoms with Crippen LogP contribution in [0.3, 0.4) is 0 Å². The SMILES string of the molecule is CCC[N+]1=C(/C=C/C=C/C=C/C=C2\N(CCS(=O)(=O)[O-])c3ccc4cc(C)ccc4c3C2(C)C)C(C)(C)c2c1ccc1cc(S(=O)(=O)[O-])ccc21. The molecule has 2 heterocycles. The predicted molar refractivity (Wildman–Crippen MR) is 204 cm³/mol. The lowest BCUT2D eigenvalue weighted by Crippen LogP contribution is -2.30. The van der Waals surface area contributed by atoms with Gasteiger partial charge in [-0.15, -0.1) is 0 Å². The third-order valence-electron chi connectivity index (χ3n) is 10.1. The Morgan fingerprint density at radius 2 is 1.41 bits per heavy atom. The van der Waals surface area contributed by atoms with Crippen molar-refractivity contribution in [1.82, 2.24) is 0 Å². The van der Waals surface area contributed by atoms with E-state index in [1.54, 1.807) is 6.07 Å². The molecule has 8 nitrogen and oxygen atoms in total. The first-order chi connectivity index (χ1) is 23.9. The van der Waals surface area contributed by atoms with E-state index in [4.69, 9.17) is 0 Å². The van der Waals surface area contributed by atoms with Crippen LogP contribution in [0.15, 0.2) is 114 Å². The fourth-order valence-corrected chi connectivity index (χ4v) is 8.75. The van der Waals surface area contributed by atoms with Crippen molar-refractivity contribution in [3.05, 3.63) is 126 Å². The van der Waals surface area contributed by atoms with Crippen molar-refractivity contribution in [3.8, 4) is 0 Å².